The molecule has 5 heterocycles. The minimum Gasteiger partial charge on any atom is -0.448 e. The number of anilines is 1. The number of rotatable bonds is 10. The average molecular weight is 1110 g/mol. The second-order valence-corrected chi connectivity index (χ2v) is 22.5. The number of halogens is 2. The molecule has 1 aromatic heterocycles. The van der Waals surface area contributed by atoms with Crippen LogP contribution < -0.4 is 10.6 Å². The number of aliphatic hydroxyl groups is 4. The Balaban J connectivity index is 1.39. The normalized spacial score (nSPS) is 42.0. The molecule has 0 saturated carbocycles. The molecule has 0 radical (unpaired) electrons. The van der Waals surface area contributed by atoms with Gasteiger partial charge in [0.25, 0.3) is 0 Å². The number of amides is 1. The Morgan fingerprint density at radius 2 is 1.74 bits per heavy atom. The molecule has 0 spiro atoms. The van der Waals surface area contributed by atoms with E-state index in [0.717, 1.165) is 11.1 Å². The Morgan fingerprint density at radius 1 is 1.03 bits per heavy atom. The number of benzene rings is 1. The fraction of sp³-hybridized carbons (Fsp3) is 0.776. The third-order valence-corrected chi connectivity index (χ3v) is 16.9. The van der Waals surface area contributed by atoms with Gasteiger partial charge in [0.2, 0.25) is 5.91 Å². The Morgan fingerprint density at radius 3 is 2.42 bits per heavy atom. The number of nitrogens with one attached hydrogen (secondary N) is 2. The number of methoxy groups -OCH3 is 1. The van der Waals surface area contributed by atoms with Crippen LogP contribution in [0.1, 0.15) is 81.1 Å². The van der Waals surface area contributed by atoms with Crippen LogP contribution in [0.3, 0.4) is 0 Å². The number of cyclic esters (lactones) is 1. The van der Waals surface area contributed by atoms with E-state index in [1.165, 1.54) is 14.0 Å². The first-order valence-electron chi connectivity index (χ1n) is 24.2. The highest BCUT2D eigenvalue weighted by molar-refractivity contribution is 14.1. The zero-order valence-electron chi connectivity index (χ0n) is 42.1. The monoisotopic (exact) mass is 1110 g/mol. The minimum absolute atomic E-state index is 0.0161. The molecule has 4 saturated heterocycles. The number of esters is 1. The lowest BCUT2D eigenvalue weighted by molar-refractivity contribution is -0.319. The summed E-state index contributed by atoms with van der Waals surface area (Å²) in [6, 6.07) is 6.30. The molecule has 69 heavy (non-hydrogen) atoms. The summed E-state index contributed by atoms with van der Waals surface area (Å²) >= 11 is 8.04. The van der Waals surface area contributed by atoms with E-state index in [2.05, 4.69) is 20.5 Å². The Bertz CT molecular complexity index is 2060. The van der Waals surface area contributed by atoms with Gasteiger partial charge in [-0.05, 0) is 136 Å². The van der Waals surface area contributed by atoms with Crippen molar-refractivity contribution in [1.82, 2.24) is 20.1 Å². The summed E-state index contributed by atoms with van der Waals surface area (Å²) in [6.45, 7) is 14.3. The maximum atomic E-state index is 14.4. The first kappa shape index (κ1) is 56.2. The van der Waals surface area contributed by atoms with E-state index in [-0.39, 0.29) is 50.5 Å². The lowest BCUT2D eigenvalue weighted by atomic mass is 9.76. The summed E-state index contributed by atoms with van der Waals surface area (Å²) in [5.74, 6) is -3.27. The van der Waals surface area contributed by atoms with Crippen molar-refractivity contribution in [2.45, 2.75) is 175 Å². The highest BCUT2D eigenvalue weighted by Gasteiger charge is 2.55. The SMILES string of the molecule is CO[C@]1(C)C[C@H](O[C@H]2[C@H](C)[C@H]3O[C@@H]4O[C@H](C)C[C@H](N(C)C)[C@H]4OC(CCNC(=O)CNc4ccnc5cc(Cl)ccc45)[C@@H](CN(C)[C@H](C)[C@@H](O)[C@](C)(O)[C@@H](I)OC(=O)[C@@H]2C)C[C@@]3(C)O)O[C@@H](C)[C@@H]1O. The smallest absolute Gasteiger partial charge is 0.312 e. The third kappa shape index (κ3) is 12.8. The predicted molar refractivity (Wildman–Crippen MR) is 268 cm³/mol. The van der Waals surface area contributed by atoms with Gasteiger partial charge >= 0.3 is 5.97 Å². The summed E-state index contributed by atoms with van der Waals surface area (Å²) in [5, 5.41) is 55.8. The van der Waals surface area contributed by atoms with Gasteiger partial charge in [-0.25, -0.2) is 0 Å². The molecule has 1 unspecified atom stereocenters. The zero-order valence-corrected chi connectivity index (χ0v) is 45.0. The van der Waals surface area contributed by atoms with Gasteiger partial charge < -0.3 is 74.0 Å². The number of fused-ring (bicyclic) bond motifs is 5. The van der Waals surface area contributed by atoms with Crippen LogP contribution in [0.15, 0.2) is 30.5 Å². The number of hydrogen-bond acceptors (Lipinski definition) is 17. The third-order valence-electron chi connectivity index (χ3n) is 15.2. The van der Waals surface area contributed by atoms with Gasteiger partial charge in [0.05, 0.1) is 59.7 Å². The van der Waals surface area contributed by atoms with E-state index in [4.69, 9.17) is 44.8 Å². The number of likely N-dealkylation sites (N-methyl/N-ethyl adjacent to an activating group) is 2. The molecule has 390 valence electrons. The molecule has 0 aliphatic carbocycles. The van der Waals surface area contributed by atoms with Crippen LogP contribution in [0, 0.1) is 17.8 Å². The van der Waals surface area contributed by atoms with E-state index in [0.29, 0.717) is 23.4 Å². The van der Waals surface area contributed by atoms with Crippen molar-refractivity contribution in [3.63, 3.8) is 0 Å². The maximum absolute atomic E-state index is 14.4. The quantitative estimate of drug-likeness (QED) is 0.112. The molecule has 4 aliphatic rings. The number of pyridine rings is 1. The first-order valence-corrected chi connectivity index (χ1v) is 25.8. The van der Waals surface area contributed by atoms with Gasteiger partial charge in [-0.2, -0.15) is 0 Å². The number of aliphatic hydroxyl groups excluding tert-OH is 2. The molecule has 1 amide bonds. The molecule has 4 fully saturated rings. The van der Waals surface area contributed by atoms with Crippen LogP contribution in [0.5, 0.6) is 0 Å². The van der Waals surface area contributed by atoms with E-state index in [9.17, 15) is 30.0 Å². The van der Waals surface area contributed by atoms with Gasteiger partial charge in [-0.3, -0.25) is 14.6 Å². The van der Waals surface area contributed by atoms with Crippen molar-refractivity contribution in [2.75, 3.05) is 53.2 Å². The fourth-order valence-corrected chi connectivity index (χ4v) is 11.5. The summed E-state index contributed by atoms with van der Waals surface area (Å²) < 4.78 is 44.7. The Labute approximate surface area is 425 Å². The minimum atomic E-state index is -1.92. The first-order chi connectivity index (χ1) is 32.3. The topological polar surface area (TPSA) is 223 Å². The molecular formula is C49H77ClIN5O13. The number of ether oxygens (including phenoxy) is 7. The second kappa shape index (κ2) is 23.0. The summed E-state index contributed by atoms with van der Waals surface area (Å²) in [5.41, 5.74) is -3.21. The van der Waals surface area contributed by atoms with Crippen molar-refractivity contribution >= 4 is 62.7 Å². The lowest BCUT2D eigenvalue weighted by Gasteiger charge is -2.48. The molecule has 19 atom stereocenters. The predicted octanol–water partition coefficient (Wildman–Crippen LogP) is 4.09. The number of carbonyl (C=O) groups is 2. The van der Waals surface area contributed by atoms with Crippen LogP contribution in [0.2, 0.25) is 5.02 Å². The average Bonchev–Trinajstić information content (AvgIpc) is 3.32. The second-order valence-electron chi connectivity index (χ2n) is 20.9. The molecule has 4 aliphatic heterocycles. The number of nitrogens with zero attached hydrogens (tertiary/aromatic N) is 3. The van der Waals surface area contributed by atoms with Crippen LogP contribution >= 0.6 is 34.2 Å². The zero-order chi connectivity index (χ0) is 50.9. The Hall–Kier alpha value is -2.09. The van der Waals surface area contributed by atoms with Gasteiger partial charge in [0, 0.05) is 72.8 Å². The van der Waals surface area contributed by atoms with Crippen molar-refractivity contribution in [3.05, 3.63) is 35.5 Å². The van der Waals surface area contributed by atoms with Gasteiger partial charge in [-0.1, -0.05) is 18.5 Å². The lowest BCUT2D eigenvalue weighted by Crippen LogP contribution is -2.60. The van der Waals surface area contributed by atoms with Crippen molar-refractivity contribution in [2.24, 2.45) is 17.8 Å². The number of aromatic nitrogens is 1. The van der Waals surface area contributed by atoms with Crippen LogP contribution in [0.4, 0.5) is 5.69 Å². The van der Waals surface area contributed by atoms with Gasteiger partial charge in [0.1, 0.15) is 23.9 Å². The van der Waals surface area contributed by atoms with E-state index >= 15 is 0 Å². The van der Waals surface area contributed by atoms with E-state index in [1.807, 2.05) is 68.5 Å². The van der Waals surface area contributed by atoms with Gasteiger partial charge in [0.15, 0.2) is 16.7 Å². The van der Waals surface area contributed by atoms with Crippen molar-refractivity contribution in [3.8, 4) is 0 Å². The van der Waals surface area contributed by atoms with Crippen LogP contribution in [0.25, 0.3) is 10.9 Å². The molecule has 2 aromatic rings. The fourth-order valence-electron chi connectivity index (χ4n) is 10.7. The van der Waals surface area contributed by atoms with Crippen LogP contribution in [-0.4, -0.2) is 189 Å². The molecule has 2 bridgehead atoms. The maximum Gasteiger partial charge on any atom is 0.312 e. The van der Waals surface area contributed by atoms with E-state index < -0.39 is 106 Å². The standard InChI is InChI=1S/C49H77ClIN5O13/c1-25-19-35(55(9)10)40-45(64-25)68-43-26(2)39(67-38-22-48(7,63-12)42(59)29(5)65-38)27(3)44(60)69-46(51)49(8,62)41(58)28(4)56(11)24-30(21-47(43,6)61)36(66-40)16-18-53-37(57)23-54-33-15-17-52-34-20-31(50)13-14-32(33)34/h13-15,17,20,25-30,35-36,38-43,45-46,58-59,61-62H,16,18-19,21-24H2,1-12H3,(H,52,54)(H,53,57)/t25-,26+,27-,28-,29+,30-,35+,36?,38+,39+,40-,41-,42+,43-,45+,46+,47-,48-,49+/m1/s1. The molecule has 6 N–H and O–H groups in total. The molecular weight excluding hydrogens is 1030 g/mol. The molecule has 20 heteroatoms. The van der Waals surface area contributed by atoms with Gasteiger partial charge in [-0.15, -0.1) is 0 Å². The summed E-state index contributed by atoms with van der Waals surface area (Å²) in [7, 11) is 7.28. The highest BCUT2D eigenvalue weighted by atomic mass is 127. The van der Waals surface area contributed by atoms with Crippen LogP contribution in [-0.2, 0) is 42.7 Å². The largest absolute Gasteiger partial charge is 0.448 e. The molecule has 6 rings (SSSR count). The van der Waals surface area contributed by atoms with Crippen molar-refractivity contribution in [1.29, 1.82) is 0 Å². The van der Waals surface area contributed by atoms with E-state index in [1.54, 1.807) is 59.0 Å². The summed E-state index contributed by atoms with van der Waals surface area (Å²) in [6.07, 6.45) is -5.97. The highest BCUT2D eigenvalue weighted by Crippen LogP contribution is 2.43. The number of carbonyl (C=O) groups excluding carboxylic acids is 2. The molecule has 18 nitrogen and oxygen atoms in total. The Kier molecular flexibility index (Phi) is 18.7. The number of alkyl halides is 1. The van der Waals surface area contributed by atoms with Crippen molar-refractivity contribution < 1.29 is 63.2 Å². The number of hydrogen-bond donors (Lipinski definition) is 6. The summed E-state index contributed by atoms with van der Waals surface area (Å²) in [4.78, 5) is 36.3. The molecule has 1 aromatic carbocycles.